The third-order valence-electron chi connectivity index (χ3n) is 4.57. The molecule has 2 aromatic heterocycles. The van der Waals surface area contributed by atoms with Gasteiger partial charge in [-0.1, -0.05) is 0 Å². The molecule has 0 unspecified atom stereocenters. The van der Waals surface area contributed by atoms with Crippen molar-refractivity contribution in [3.05, 3.63) is 57.5 Å². The van der Waals surface area contributed by atoms with Crippen LogP contribution in [0.1, 0.15) is 39.2 Å². The van der Waals surface area contributed by atoms with Crippen molar-refractivity contribution in [1.29, 1.82) is 0 Å². The molecule has 3 aromatic rings. The van der Waals surface area contributed by atoms with Gasteiger partial charge in [0, 0.05) is 29.6 Å². The van der Waals surface area contributed by atoms with Crippen LogP contribution in [0, 0.1) is 11.6 Å². The number of ketones is 1. The molecule has 0 aliphatic rings. The van der Waals surface area contributed by atoms with Gasteiger partial charge in [-0.3, -0.25) is 14.4 Å². The van der Waals surface area contributed by atoms with Crippen molar-refractivity contribution in [2.45, 2.75) is 38.0 Å². The van der Waals surface area contributed by atoms with Gasteiger partial charge in [-0.2, -0.15) is 13.2 Å². The Labute approximate surface area is 203 Å². The van der Waals surface area contributed by atoms with Crippen LogP contribution in [0.15, 0.2) is 36.0 Å². The fourth-order valence-electron chi connectivity index (χ4n) is 2.89. The van der Waals surface area contributed by atoms with Crippen LogP contribution in [0.25, 0.3) is 10.6 Å². The lowest BCUT2D eigenvalue weighted by Gasteiger charge is -2.20. The molecule has 1 aromatic carbocycles. The van der Waals surface area contributed by atoms with Crippen molar-refractivity contribution < 1.29 is 36.3 Å². The van der Waals surface area contributed by atoms with Crippen molar-refractivity contribution in [3.8, 4) is 10.6 Å². The van der Waals surface area contributed by atoms with Gasteiger partial charge >= 0.3 is 6.18 Å². The number of rotatable bonds is 9. The summed E-state index contributed by atoms with van der Waals surface area (Å²) in [5.74, 6) is -4.04. The van der Waals surface area contributed by atoms with E-state index in [1.165, 1.54) is 18.5 Å². The molecule has 14 heteroatoms. The molecule has 7 nitrogen and oxygen atoms in total. The second-order valence-electron chi connectivity index (χ2n) is 7.30. The van der Waals surface area contributed by atoms with E-state index >= 15 is 0 Å². The summed E-state index contributed by atoms with van der Waals surface area (Å²) in [6.45, 7) is 1.28. The number of benzene rings is 1. The van der Waals surface area contributed by atoms with Crippen LogP contribution >= 0.6 is 22.7 Å². The smallest absolute Gasteiger partial charge is 0.344 e. The first-order valence-electron chi connectivity index (χ1n) is 9.97. The van der Waals surface area contributed by atoms with Gasteiger partial charge < -0.3 is 10.6 Å². The van der Waals surface area contributed by atoms with E-state index in [1.54, 1.807) is 0 Å². The van der Waals surface area contributed by atoms with E-state index in [1.807, 2.05) is 0 Å². The summed E-state index contributed by atoms with van der Waals surface area (Å²) in [6, 6.07) is 0.0526. The Morgan fingerprint density at radius 3 is 2.34 bits per heavy atom. The summed E-state index contributed by atoms with van der Waals surface area (Å²) in [6.07, 6.45) is -4.08. The number of Topliss-reactive ketones (excluding diaryl/α,β-unsaturated/α-hetero) is 1. The molecule has 0 spiro atoms. The highest BCUT2D eigenvalue weighted by Gasteiger charge is 2.33. The normalized spacial score (nSPS) is 13.2. The minimum Gasteiger partial charge on any atom is -0.344 e. The number of amides is 2. The lowest BCUT2D eigenvalue weighted by Crippen LogP contribution is -2.50. The number of alkyl halides is 3. The van der Waals surface area contributed by atoms with Gasteiger partial charge in [0.15, 0.2) is 5.01 Å². The summed E-state index contributed by atoms with van der Waals surface area (Å²) >= 11 is 1.74. The molecule has 0 fully saturated rings. The zero-order valence-electron chi connectivity index (χ0n) is 17.9. The summed E-state index contributed by atoms with van der Waals surface area (Å²) in [5.41, 5.74) is 0.116. The average Bonchev–Trinajstić information content (AvgIpc) is 3.47. The Morgan fingerprint density at radius 2 is 1.74 bits per heavy atom. The first-order valence-corrected chi connectivity index (χ1v) is 11.7. The average molecular weight is 533 g/mol. The SMILES string of the molecule is C[C@H](NC(=O)c1cnc(-c2cc(F)cc(F)c2)s1)C(=O)N[C@@H](CCC(F)(F)F)C(=O)c1nccs1. The Kier molecular flexibility index (Phi) is 8.27. The number of nitrogens with zero attached hydrogens (tertiary/aromatic N) is 2. The number of halogens is 5. The van der Waals surface area contributed by atoms with E-state index < -0.39 is 60.3 Å². The maximum atomic E-state index is 13.4. The van der Waals surface area contributed by atoms with Crippen LogP contribution in [0.4, 0.5) is 22.0 Å². The third kappa shape index (κ3) is 7.36. The first-order chi connectivity index (χ1) is 16.4. The molecule has 0 saturated carbocycles. The Bertz CT molecular complexity index is 1190. The highest BCUT2D eigenvalue weighted by Crippen LogP contribution is 2.27. The van der Waals surface area contributed by atoms with Gasteiger partial charge in [0.05, 0.1) is 12.2 Å². The van der Waals surface area contributed by atoms with Crippen LogP contribution in [0.5, 0.6) is 0 Å². The van der Waals surface area contributed by atoms with Gasteiger partial charge in [0.25, 0.3) is 5.91 Å². The predicted octanol–water partition coefficient (Wildman–Crippen LogP) is 4.37. The molecule has 2 atom stereocenters. The monoisotopic (exact) mass is 532 g/mol. The molecular formula is C21H17F5N4O3S2. The minimum atomic E-state index is -4.54. The number of carbonyl (C=O) groups excluding carboxylic acids is 3. The highest BCUT2D eigenvalue weighted by atomic mass is 32.1. The summed E-state index contributed by atoms with van der Waals surface area (Å²) in [7, 11) is 0. The van der Waals surface area contributed by atoms with E-state index in [0.29, 0.717) is 6.07 Å². The van der Waals surface area contributed by atoms with Crippen molar-refractivity contribution in [3.63, 3.8) is 0 Å². The highest BCUT2D eigenvalue weighted by molar-refractivity contribution is 7.16. The van der Waals surface area contributed by atoms with Crippen LogP contribution < -0.4 is 10.6 Å². The molecule has 0 bridgehead atoms. The third-order valence-corrected chi connectivity index (χ3v) is 6.41. The van der Waals surface area contributed by atoms with Crippen LogP contribution in [0.2, 0.25) is 0 Å². The second kappa shape index (κ2) is 11.0. The lowest BCUT2D eigenvalue weighted by atomic mass is 10.1. The van der Waals surface area contributed by atoms with Crippen molar-refractivity contribution >= 4 is 40.3 Å². The van der Waals surface area contributed by atoms with Crippen LogP contribution in [-0.4, -0.2) is 45.8 Å². The summed E-state index contributed by atoms with van der Waals surface area (Å²) in [4.78, 5) is 45.3. The maximum absolute atomic E-state index is 13.4. The fourth-order valence-corrected chi connectivity index (χ4v) is 4.33. The minimum absolute atomic E-state index is 0.0248. The number of carbonyl (C=O) groups is 3. The predicted molar refractivity (Wildman–Crippen MR) is 118 cm³/mol. The summed E-state index contributed by atoms with van der Waals surface area (Å²) < 4.78 is 65.0. The van der Waals surface area contributed by atoms with Crippen molar-refractivity contribution in [1.82, 2.24) is 20.6 Å². The number of thiazole rings is 2. The topological polar surface area (TPSA) is 101 Å². The molecule has 0 aliphatic heterocycles. The molecule has 3 rings (SSSR count). The molecule has 2 amide bonds. The van der Waals surface area contributed by atoms with Crippen molar-refractivity contribution in [2.24, 2.45) is 0 Å². The van der Waals surface area contributed by atoms with E-state index in [0.717, 1.165) is 41.0 Å². The van der Waals surface area contributed by atoms with Gasteiger partial charge in [-0.25, -0.2) is 18.7 Å². The number of hydrogen-bond acceptors (Lipinski definition) is 7. The van der Waals surface area contributed by atoms with Crippen molar-refractivity contribution in [2.75, 3.05) is 0 Å². The molecule has 35 heavy (non-hydrogen) atoms. The Hall–Kier alpha value is -3.26. The molecule has 186 valence electrons. The van der Waals surface area contributed by atoms with E-state index in [4.69, 9.17) is 0 Å². The number of nitrogens with one attached hydrogen (secondary N) is 2. The molecule has 0 aliphatic carbocycles. The van der Waals surface area contributed by atoms with E-state index in [2.05, 4.69) is 20.6 Å². The Balaban J connectivity index is 1.66. The number of hydrogen-bond donors (Lipinski definition) is 2. The molecular weight excluding hydrogens is 515 g/mol. The maximum Gasteiger partial charge on any atom is 0.389 e. The second-order valence-corrected chi connectivity index (χ2v) is 9.22. The van der Waals surface area contributed by atoms with E-state index in [9.17, 15) is 36.3 Å². The van der Waals surface area contributed by atoms with Crippen LogP contribution in [0.3, 0.4) is 0 Å². The molecule has 0 radical (unpaired) electrons. The lowest BCUT2D eigenvalue weighted by molar-refractivity contribution is -0.137. The zero-order chi connectivity index (χ0) is 25.8. The largest absolute Gasteiger partial charge is 0.389 e. The summed E-state index contributed by atoms with van der Waals surface area (Å²) in [5, 5.41) is 6.18. The van der Waals surface area contributed by atoms with Crippen LogP contribution in [-0.2, 0) is 4.79 Å². The molecule has 2 heterocycles. The van der Waals surface area contributed by atoms with E-state index in [-0.39, 0.29) is 20.5 Å². The number of aromatic nitrogens is 2. The van der Waals surface area contributed by atoms with Gasteiger partial charge in [0.1, 0.15) is 27.6 Å². The molecule has 2 N–H and O–H groups in total. The quantitative estimate of drug-likeness (QED) is 0.315. The van der Waals surface area contributed by atoms with Gasteiger partial charge in [0.2, 0.25) is 11.7 Å². The first kappa shape index (κ1) is 26.3. The van der Waals surface area contributed by atoms with Gasteiger partial charge in [-0.05, 0) is 25.5 Å². The zero-order valence-corrected chi connectivity index (χ0v) is 19.5. The fraction of sp³-hybridized carbons (Fsp3) is 0.286. The Morgan fingerprint density at radius 1 is 1.06 bits per heavy atom. The molecule has 0 saturated heterocycles. The van der Waals surface area contributed by atoms with Gasteiger partial charge in [-0.15, -0.1) is 22.7 Å². The standard InChI is InChI=1S/C21H17F5N4O3S2/c1-10(17(32)30-14(2-3-21(24,25)26)16(31)20-27-4-5-34-20)29-18(33)15-9-28-19(35-15)11-6-12(22)8-13(23)7-11/h4-10,14H,2-3H2,1H3,(H,29,33)(H,30,32)/t10-,14-/m0/s1.